The first-order valence-electron chi connectivity index (χ1n) is 46.7. The number of aryl methyl sites for hydroxylation is 4. The van der Waals surface area contributed by atoms with Gasteiger partial charge in [0.25, 0.3) is 0 Å². The Hall–Kier alpha value is -9.52. The third-order valence-corrected chi connectivity index (χ3v) is 29.5. The average molecular weight is 1850 g/mol. The van der Waals surface area contributed by atoms with Crippen LogP contribution < -0.4 is 23.7 Å². The number of ether oxygens (including phenoxy) is 5. The second-order valence-electron chi connectivity index (χ2n) is 39.9. The van der Waals surface area contributed by atoms with Gasteiger partial charge in [-0.3, -0.25) is 0 Å². The van der Waals surface area contributed by atoms with Crippen molar-refractivity contribution in [3.05, 3.63) is 175 Å². The van der Waals surface area contributed by atoms with E-state index in [0.29, 0.717) is 97.3 Å². The summed E-state index contributed by atoms with van der Waals surface area (Å²) in [7, 11) is 0. The van der Waals surface area contributed by atoms with Crippen LogP contribution in [0.5, 0.6) is 57.5 Å². The van der Waals surface area contributed by atoms with Gasteiger partial charge in [0, 0.05) is 57.4 Å². The summed E-state index contributed by atoms with van der Waals surface area (Å²) in [6.07, 6.45) is 17.9. The topological polar surface area (TPSA) is 398 Å². The highest BCUT2D eigenvalue weighted by Gasteiger charge is 2.60. The van der Waals surface area contributed by atoms with Crippen molar-refractivity contribution in [3.63, 3.8) is 0 Å². The van der Waals surface area contributed by atoms with Crippen molar-refractivity contribution in [1.82, 2.24) is 0 Å². The summed E-state index contributed by atoms with van der Waals surface area (Å²) in [5.41, 5.74) is 5.67. The van der Waals surface area contributed by atoms with Crippen molar-refractivity contribution < 1.29 is 114 Å². The second-order valence-corrected chi connectivity index (χ2v) is 39.9. The van der Waals surface area contributed by atoms with E-state index in [0.717, 1.165) is 152 Å². The van der Waals surface area contributed by atoms with Gasteiger partial charge in [0.15, 0.2) is 0 Å². The molecular formula is C110H162O23. The van der Waals surface area contributed by atoms with Crippen LogP contribution in [0, 0.1) is 29.6 Å². The molecule has 0 unspecified atom stereocenters. The van der Waals surface area contributed by atoms with Gasteiger partial charge < -0.3 is 95.2 Å². The fraction of sp³-hybridized carbons (Fsp3) is 0.600. The van der Waals surface area contributed by atoms with Gasteiger partial charge in [0.05, 0.1) is 28.0 Å². The zero-order valence-electron chi connectivity index (χ0n) is 78.0. The minimum absolute atomic E-state index is 0. The van der Waals surface area contributed by atoms with Gasteiger partial charge in [0.2, 0.25) is 0 Å². The Morgan fingerprint density at radius 3 is 0.955 bits per heavy atom. The van der Waals surface area contributed by atoms with E-state index in [9.17, 15) is 90.7 Å². The van der Waals surface area contributed by atoms with E-state index >= 15 is 0 Å². The van der Waals surface area contributed by atoms with Crippen LogP contribution in [0.25, 0.3) is 0 Å². The number of aromatic carboxylic acids is 4. The van der Waals surface area contributed by atoms with Crippen molar-refractivity contribution in [2.75, 3.05) is 0 Å². The molecule has 0 spiro atoms. The van der Waals surface area contributed by atoms with Gasteiger partial charge >= 0.3 is 23.9 Å². The maximum Gasteiger partial charge on any atom is 0.339 e. The fourth-order valence-electron chi connectivity index (χ4n) is 22.8. The Balaban J connectivity index is 0.000000254. The zero-order valence-corrected chi connectivity index (χ0v) is 78.0. The maximum atomic E-state index is 12.2. The molecule has 0 amide bonds. The second kappa shape index (κ2) is 44.5. The molecule has 0 saturated heterocycles. The molecule has 15 rings (SSSR count). The van der Waals surface area contributed by atoms with Crippen LogP contribution in [-0.2, 0) is 32.1 Å². The van der Waals surface area contributed by atoms with Crippen molar-refractivity contribution in [1.29, 1.82) is 0 Å². The number of unbranched alkanes of at least 4 members (excludes halogenated alkanes) is 6. The zero-order chi connectivity index (χ0) is 94.4. The number of hydrogen-bond acceptors (Lipinski definition) is 19. The van der Waals surface area contributed by atoms with Crippen LogP contribution in [0.3, 0.4) is 0 Å². The Morgan fingerprint density at radius 2 is 0.609 bits per heavy atom. The number of benzene rings is 5. The molecule has 14 N–H and O–H groups in total. The van der Waals surface area contributed by atoms with E-state index in [1.165, 1.54) is 12.8 Å². The summed E-state index contributed by atoms with van der Waals surface area (Å²) in [6.45, 7) is 49.3. The van der Waals surface area contributed by atoms with Gasteiger partial charge in [-0.1, -0.05) is 184 Å². The molecule has 5 aliphatic heterocycles. The number of phenols is 5. The highest BCUT2D eigenvalue weighted by molar-refractivity contribution is 6.02. The van der Waals surface area contributed by atoms with Crippen LogP contribution in [0.1, 0.15) is 402 Å². The van der Waals surface area contributed by atoms with E-state index in [1.54, 1.807) is 32.9 Å². The summed E-state index contributed by atoms with van der Waals surface area (Å²) in [5.74, 6) is -3.40. The van der Waals surface area contributed by atoms with Crippen LogP contribution >= 0.6 is 0 Å². The SMILES string of the molecule is C.C.C.C.C.C=C(C)[C@@H]1CC[C@](C)(O)[C@H]2Oc3c(C(=O)O)c(CCCCC)c(C(=O)O)c(O)c3[C@@H]12.C=C(C)[C@@H]1CC[C@](C)(O)[C@H]2Oc3c(C(=O)O)c(CCCCC)cc(O)c3[C@@H]12.C=C(C)[C@@H]1CC[C@](C)(O)[C@H]2Oc3cc(CCC)c(C(=O)O)c(O)c3[C@@H]12.C=C(C)[C@@H]1CC[C@](C)(O)[C@H]2Oc3cc(CCC)cc(O)c3[C@@H]12.C=C(C)[C@@H]1CC[C@](C)(O)[C@H]2Oc3cc(CCCCC)cc(O)c3[C@@H]12. The van der Waals surface area contributed by atoms with Crippen LogP contribution in [0.4, 0.5) is 0 Å². The number of aliphatic hydroxyl groups is 5. The summed E-state index contributed by atoms with van der Waals surface area (Å²) in [5, 5.41) is 147. The van der Waals surface area contributed by atoms with Crippen LogP contribution in [0.2, 0.25) is 0 Å². The first-order valence-corrected chi connectivity index (χ1v) is 46.7. The maximum absolute atomic E-state index is 12.2. The predicted molar refractivity (Wildman–Crippen MR) is 526 cm³/mol. The minimum atomic E-state index is -1.37. The van der Waals surface area contributed by atoms with Gasteiger partial charge in [-0.05, 0) is 279 Å². The first kappa shape index (κ1) is 112. The van der Waals surface area contributed by atoms with E-state index in [1.807, 2.05) is 80.5 Å². The van der Waals surface area contributed by atoms with Crippen molar-refractivity contribution in [2.24, 2.45) is 29.6 Å². The molecular weight excluding hydrogens is 1690 g/mol. The Labute approximate surface area is 792 Å². The van der Waals surface area contributed by atoms with E-state index in [4.69, 9.17) is 23.7 Å². The lowest BCUT2D eigenvalue weighted by molar-refractivity contribution is -0.0827. The Kier molecular flexibility index (Phi) is 37.6. The molecule has 0 aromatic heterocycles. The number of carbonyl (C=O) groups is 4. The summed E-state index contributed by atoms with van der Waals surface area (Å²) in [6, 6.07) is 11.2. The molecule has 23 heteroatoms. The number of fused-ring (bicyclic) bond motifs is 15. The molecule has 5 aliphatic carbocycles. The number of carboxylic acids is 4. The van der Waals surface area contributed by atoms with Crippen molar-refractivity contribution in [3.8, 4) is 57.5 Å². The molecule has 5 aromatic carbocycles. The highest BCUT2D eigenvalue weighted by Crippen LogP contribution is 2.64. The monoisotopic (exact) mass is 1850 g/mol. The van der Waals surface area contributed by atoms with E-state index in [2.05, 4.69) is 59.7 Å². The third kappa shape index (κ3) is 22.1. The summed E-state index contributed by atoms with van der Waals surface area (Å²) < 4.78 is 30.5. The lowest BCUT2D eigenvalue weighted by Gasteiger charge is -2.42. The molecule has 23 nitrogen and oxygen atoms in total. The number of allylic oxidation sites excluding steroid dienone is 5. The van der Waals surface area contributed by atoms with Crippen molar-refractivity contribution in [2.45, 2.75) is 396 Å². The number of carboxylic acid groups (broad SMARTS) is 4. The van der Waals surface area contributed by atoms with Gasteiger partial charge in [-0.25, -0.2) is 19.2 Å². The number of phenolic OH excluding ortho intramolecular Hbond substituents is 3. The molecule has 20 atom stereocenters. The van der Waals surface area contributed by atoms with Gasteiger partial charge in [-0.15, -0.1) is 0 Å². The van der Waals surface area contributed by atoms with Crippen LogP contribution in [0.15, 0.2) is 97.2 Å². The number of hydrogen-bond donors (Lipinski definition) is 14. The lowest BCUT2D eigenvalue weighted by Crippen LogP contribution is -2.50. The highest BCUT2D eigenvalue weighted by atomic mass is 16.5. The molecule has 0 bridgehead atoms. The van der Waals surface area contributed by atoms with Gasteiger partial charge in [-0.2, -0.15) is 0 Å². The minimum Gasteiger partial charge on any atom is -0.508 e. The molecule has 5 aromatic rings. The predicted octanol–water partition coefficient (Wildman–Crippen LogP) is 23.9. The molecule has 10 aliphatic rings. The normalized spacial score (nSPS) is 28.8. The Bertz CT molecular complexity index is 5070. The van der Waals surface area contributed by atoms with Crippen molar-refractivity contribution >= 4 is 23.9 Å². The Morgan fingerprint density at radius 1 is 0.323 bits per heavy atom. The first-order chi connectivity index (χ1) is 60.1. The number of aromatic hydroxyl groups is 5. The molecule has 133 heavy (non-hydrogen) atoms. The van der Waals surface area contributed by atoms with E-state index < -0.39 is 81.9 Å². The third-order valence-electron chi connectivity index (χ3n) is 29.5. The molecule has 0 radical (unpaired) electrons. The quantitative estimate of drug-likeness (QED) is 0.0191. The largest absolute Gasteiger partial charge is 0.508 e. The molecule has 740 valence electrons. The average Bonchev–Trinajstić information content (AvgIpc) is 1.57. The standard InChI is InChI=1S/C23H30O7.C22H30O5.C21H30O3.C20H26O5.C19H26O3.5CH4/c1-5-6-7-8-13-15(21(25)26)18(24)17-14-12(11(2)3)9-10-23(4,29)20(14)30-19(17)16(13)22(27)28;1-5-6-7-8-13-11-15(23)18-17-14(12(2)3)9-10-22(4,26)20(17)27-19(18)16(13)21(24)25;1-5-6-7-8-14-11-16(22)19-17(12-14)24-20-18(19)15(13(2)3)9-10-21(20,4)23;1-5-6-11-9-13-16(17(21)14(11)19(22)23)15-12(10(2)3)7-8-20(4,24)18(15)25-13;1-5-6-12-9-14(20)17-15(10-12)22-18-16(17)13(11(2)3)7-8-19(18,4)21;;;;;/h12,14,20,24,29H,2,5-10H2,1,3-4H3,(H,25,26)(H,27,28);11,14,17,20,23,26H,2,5-10H2,1,3-4H3,(H,24,25);11-12,15,18,20,22-23H,2,5-10H2,1,3-4H3;9,12,15,18,21,24H,2,5-8H2,1,3-4H3,(H,22,23);9-10,13,16,18,20-21H,2,5-8H2,1,3-4H3;5*1H4/t12-,14+,20-,23-;14-,17+,20-,22-;15-,18+,20-,21-;12-,15+,18-,20-;13-,16+,18-,19-;;;;;/m00000...../s1. The smallest absolute Gasteiger partial charge is 0.339 e. The molecule has 5 fully saturated rings. The van der Waals surface area contributed by atoms with E-state index in [-0.39, 0.29) is 165 Å². The molecule has 5 saturated carbocycles. The summed E-state index contributed by atoms with van der Waals surface area (Å²) in [4.78, 5) is 48.2. The lowest BCUT2D eigenvalue weighted by atomic mass is 9.66. The van der Waals surface area contributed by atoms with Crippen LogP contribution in [-0.4, -0.2) is 154 Å². The number of rotatable bonds is 25. The summed E-state index contributed by atoms with van der Waals surface area (Å²) >= 11 is 0. The van der Waals surface area contributed by atoms with Gasteiger partial charge in [0.1, 0.15) is 110 Å². The fourth-order valence-corrected chi connectivity index (χ4v) is 22.8. The molecule has 5 heterocycles.